The first kappa shape index (κ1) is 21.1. The first-order chi connectivity index (χ1) is 14.0. The summed E-state index contributed by atoms with van der Waals surface area (Å²) < 4.78 is 11.1. The van der Waals surface area contributed by atoms with Gasteiger partial charge in [-0.05, 0) is 84.7 Å². The number of unbranched alkanes of at least 4 members (excludes halogenated alkanes) is 2. The van der Waals surface area contributed by atoms with Crippen molar-refractivity contribution in [3.05, 3.63) is 0 Å². The van der Waals surface area contributed by atoms with Crippen LogP contribution in [0.5, 0.6) is 0 Å². The maximum absolute atomic E-state index is 12.3. The van der Waals surface area contributed by atoms with Gasteiger partial charge in [-0.1, -0.05) is 0 Å². The molecule has 0 spiro atoms. The molecule has 6 heteroatoms. The summed E-state index contributed by atoms with van der Waals surface area (Å²) in [6.07, 6.45) is 11.4. The van der Waals surface area contributed by atoms with Gasteiger partial charge >= 0.3 is 11.9 Å². The average molecular weight is 407 g/mol. The zero-order valence-corrected chi connectivity index (χ0v) is 18.2. The maximum Gasteiger partial charge on any atom is 0.309 e. The zero-order chi connectivity index (χ0) is 20.4. The molecule has 0 N–H and O–H groups in total. The highest BCUT2D eigenvalue weighted by Gasteiger charge is 2.42. The Morgan fingerprint density at radius 3 is 1.34 bits per heavy atom. The van der Waals surface area contributed by atoms with E-state index in [2.05, 4.69) is 23.9 Å². The van der Waals surface area contributed by atoms with Crippen LogP contribution in [0.2, 0.25) is 0 Å². The van der Waals surface area contributed by atoms with Gasteiger partial charge in [0.2, 0.25) is 0 Å². The molecule has 29 heavy (non-hydrogen) atoms. The third-order valence-electron chi connectivity index (χ3n) is 8.14. The Labute approximate surface area is 175 Å². The van der Waals surface area contributed by atoms with Crippen molar-refractivity contribution in [1.29, 1.82) is 0 Å². The molecule has 4 bridgehead atoms. The van der Waals surface area contributed by atoms with Crippen LogP contribution in [0.1, 0.15) is 70.6 Å². The van der Waals surface area contributed by atoms with E-state index in [1.54, 1.807) is 0 Å². The predicted molar refractivity (Wildman–Crippen MR) is 110 cm³/mol. The lowest BCUT2D eigenvalue weighted by molar-refractivity contribution is -0.151. The molecule has 6 nitrogen and oxygen atoms in total. The van der Waals surface area contributed by atoms with Crippen LogP contribution >= 0.6 is 0 Å². The van der Waals surface area contributed by atoms with Crippen molar-refractivity contribution in [2.45, 2.75) is 94.8 Å². The molecule has 4 fully saturated rings. The first-order valence-electron chi connectivity index (χ1n) is 11.8. The smallest absolute Gasteiger partial charge is 0.309 e. The Morgan fingerprint density at radius 2 is 1.00 bits per heavy atom. The highest BCUT2D eigenvalue weighted by molar-refractivity contribution is 5.73. The Balaban J connectivity index is 1.04. The molecule has 4 heterocycles. The minimum absolute atomic E-state index is 0.00155. The Bertz CT molecular complexity index is 519. The molecule has 4 aliphatic rings. The topological polar surface area (TPSA) is 59.1 Å². The van der Waals surface area contributed by atoms with Gasteiger partial charge in [-0.2, -0.15) is 0 Å². The highest BCUT2D eigenvalue weighted by atomic mass is 16.5. The molecular formula is C23H38N2O4. The van der Waals surface area contributed by atoms with Crippen molar-refractivity contribution >= 4 is 11.9 Å². The van der Waals surface area contributed by atoms with E-state index < -0.39 is 0 Å². The number of rotatable bonds is 8. The van der Waals surface area contributed by atoms with Gasteiger partial charge < -0.3 is 19.3 Å². The van der Waals surface area contributed by atoms with Crippen molar-refractivity contribution in [3.63, 3.8) is 0 Å². The minimum Gasteiger partial charge on any atom is -0.465 e. The van der Waals surface area contributed by atoms with E-state index in [-0.39, 0.29) is 23.8 Å². The molecule has 164 valence electrons. The second kappa shape index (κ2) is 9.34. The van der Waals surface area contributed by atoms with E-state index in [1.165, 1.54) is 25.7 Å². The molecule has 0 amide bonds. The fraction of sp³-hybridized carbons (Fsp3) is 0.913. The SMILES string of the molecule is CN1[C@@H]2CC[C@H]1CC(C(=O)OCCCCCOC(=O)C1C[C@H]3CC[C@@H](C1)N3C)C2. The molecule has 0 aliphatic carbocycles. The molecule has 2 unspecified atom stereocenters. The average Bonchev–Trinajstić information content (AvgIpc) is 3.05. The van der Waals surface area contributed by atoms with Gasteiger partial charge in [0.05, 0.1) is 25.0 Å². The van der Waals surface area contributed by atoms with Gasteiger partial charge in [0.1, 0.15) is 0 Å². The Morgan fingerprint density at radius 1 is 0.655 bits per heavy atom. The van der Waals surface area contributed by atoms with Crippen LogP contribution in [0.25, 0.3) is 0 Å². The molecular weight excluding hydrogens is 368 g/mol. The number of carbonyl (C=O) groups excluding carboxylic acids is 2. The van der Waals surface area contributed by atoms with E-state index in [9.17, 15) is 9.59 Å². The van der Waals surface area contributed by atoms with Crippen molar-refractivity contribution in [3.8, 4) is 0 Å². The molecule has 0 aromatic heterocycles. The van der Waals surface area contributed by atoms with Crippen molar-refractivity contribution in [2.24, 2.45) is 11.8 Å². The number of hydrogen-bond donors (Lipinski definition) is 0. The number of nitrogens with zero attached hydrogens (tertiary/aromatic N) is 2. The summed E-state index contributed by atoms with van der Waals surface area (Å²) in [6.45, 7) is 0.986. The van der Waals surface area contributed by atoms with Gasteiger partial charge in [-0.25, -0.2) is 0 Å². The van der Waals surface area contributed by atoms with E-state index in [0.29, 0.717) is 37.4 Å². The molecule has 4 saturated heterocycles. The maximum atomic E-state index is 12.3. The first-order valence-corrected chi connectivity index (χ1v) is 11.8. The molecule has 0 aromatic rings. The van der Waals surface area contributed by atoms with E-state index in [1.807, 2.05) is 0 Å². The fourth-order valence-electron chi connectivity index (χ4n) is 6.17. The molecule has 0 saturated carbocycles. The second-order valence-electron chi connectivity index (χ2n) is 9.83. The predicted octanol–water partition coefficient (Wildman–Crippen LogP) is 2.99. The number of hydrogen-bond acceptors (Lipinski definition) is 6. The highest BCUT2D eigenvalue weighted by Crippen LogP contribution is 2.38. The normalized spacial score (nSPS) is 36.9. The van der Waals surface area contributed by atoms with Crippen molar-refractivity contribution in [2.75, 3.05) is 27.3 Å². The largest absolute Gasteiger partial charge is 0.465 e. The van der Waals surface area contributed by atoms with Gasteiger partial charge in [0.25, 0.3) is 0 Å². The van der Waals surface area contributed by atoms with E-state index in [0.717, 1.165) is 44.9 Å². The van der Waals surface area contributed by atoms with Gasteiger partial charge in [-0.3, -0.25) is 9.59 Å². The molecule has 0 aromatic carbocycles. The molecule has 4 aliphatic heterocycles. The quantitative estimate of drug-likeness (QED) is 0.456. The van der Waals surface area contributed by atoms with Crippen LogP contribution in [0.4, 0.5) is 0 Å². The lowest BCUT2D eigenvalue weighted by Gasteiger charge is -2.35. The standard InChI is InChI=1S/C23H38N2O4/c1-24-18-6-7-19(24)13-16(12-18)22(26)28-10-4-3-5-11-29-23(27)17-14-20-8-9-21(15-17)25(20)2/h16-21H,3-15H2,1-2H3/t16?,17?,18-,19+,20-,21+. The van der Waals surface area contributed by atoms with Crippen molar-refractivity contribution < 1.29 is 19.1 Å². The molecule has 4 rings (SSSR count). The molecule has 0 radical (unpaired) electrons. The lowest BCUT2D eigenvalue weighted by atomic mass is 9.91. The number of ether oxygens (including phenoxy) is 2. The third-order valence-corrected chi connectivity index (χ3v) is 8.14. The minimum atomic E-state index is -0.00155. The number of carbonyl (C=O) groups is 2. The van der Waals surface area contributed by atoms with Crippen LogP contribution in [0, 0.1) is 11.8 Å². The van der Waals surface area contributed by atoms with Crippen LogP contribution in [0.3, 0.4) is 0 Å². The van der Waals surface area contributed by atoms with E-state index >= 15 is 0 Å². The Kier molecular flexibility index (Phi) is 6.80. The number of piperidine rings is 2. The third kappa shape index (κ3) is 4.79. The van der Waals surface area contributed by atoms with Crippen LogP contribution < -0.4 is 0 Å². The summed E-state index contributed by atoms with van der Waals surface area (Å²) in [5.74, 6) is 0.181. The summed E-state index contributed by atoms with van der Waals surface area (Å²) in [5, 5.41) is 0. The number of esters is 2. The fourth-order valence-corrected chi connectivity index (χ4v) is 6.17. The van der Waals surface area contributed by atoms with Crippen molar-refractivity contribution in [1.82, 2.24) is 9.80 Å². The monoisotopic (exact) mass is 406 g/mol. The summed E-state index contributed by atoms with van der Waals surface area (Å²) in [7, 11) is 4.38. The van der Waals surface area contributed by atoms with Gasteiger partial charge in [0, 0.05) is 24.2 Å². The van der Waals surface area contributed by atoms with Gasteiger partial charge in [0.15, 0.2) is 0 Å². The summed E-state index contributed by atoms with van der Waals surface area (Å²) >= 11 is 0. The molecule has 6 atom stereocenters. The summed E-state index contributed by atoms with van der Waals surface area (Å²) in [6, 6.07) is 2.28. The van der Waals surface area contributed by atoms with Crippen LogP contribution in [0.15, 0.2) is 0 Å². The zero-order valence-electron chi connectivity index (χ0n) is 18.2. The van der Waals surface area contributed by atoms with E-state index in [4.69, 9.17) is 9.47 Å². The second-order valence-corrected chi connectivity index (χ2v) is 9.83. The number of fused-ring (bicyclic) bond motifs is 4. The lowest BCUT2D eigenvalue weighted by Crippen LogP contribution is -2.42. The van der Waals surface area contributed by atoms with Crippen LogP contribution in [-0.4, -0.2) is 73.2 Å². The van der Waals surface area contributed by atoms with Gasteiger partial charge in [-0.15, -0.1) is 0 Å². The Hall–Kier alpha value is -1.14. The van der Waals surface area contributed by atoms with Crippen LogP contribution in [-0.2, 0) is 19.1 Å². The summed E-state index contributed by atoms with van der Waals surface area (Å²) in [4.78, 5) is 29.6. The summed E-state index contributed by atoms with van der Waals surface area (Å²) in [5.41, 5.74) is 0.